The van der Waals surface area contributed by atoms with Gasteiger partial charge >= 0.3 is 0 Å². The number of hydrogen-bond donors (Lipinski definition) is 1. The highest BCUT2D eigenvalue weighted by atomic mass is 16.2. The summed E-state index contributed by atoms with van der Waals surface area (Å²) in [5.74, 6) is -0.338. The Bertz CT molecular complexity index is 511. The molecule has 1 aliphatic heterocycles. The number of fused-ring (bicyclic) bond motifs is 1. The minimum Gasteiger partial charge on any atom is -0.347 e. The summed E-state index contributed by atoms with van der Waals surface area (Å²) >= 11 is 0. The number of amides is 2. The van der Waals surface area contributed by atoms with Crippen molar-refractivity contribution in [3.63, 3.8) is 0 Å². The minimum absolute atomic E-state index is 0.0373. The maximum atomic E-state index is 12.1. The summed E-state index contributed by atoms with van der Waals surface area (Å²) < 4.78 is 0. The summed E-state index contributed by atoms with van der Waals surface area (Å²) in [6.45, 7) is 1.99. The van der Waals surface area contributed by atoms with Gasteiger partial charge in [0.05, 0.1) is 0 Å². The standard InChI is InChI=1S/C13H17N3O2/c1-8-4-5-10-9(6-8)12(14)13(18)16(10)7-11(17)15(2)3/h4-6,12H,7,14H2,1-3H3. The van der Waals surface area contributed by atoms with E-state index in [0.29, 0.717) is 0 Å². The van der Waals surface area contributed by atoms with E-state index < -0.39 is 6.04 Å². The molecule has 0 aliphatic carbocycles. The molecule has 0 saturated carbocycles. The quantitative estimate of drug-likeness (QED) is 0.824. The van der Waals surface area contributed by atoms with Crippen LogP contribution >= 0.6 is 0 Å². The van der Waals surface area contributed by atoms with E-state index in [2.05, 4.69) is 0 Å². The molecular formula is C13H17N3O2. The molecule has 5 nitrogen and oxygen atoms in total. The van der Waals surface area contributed by atoms with E-state index in [1.807, 2.05) is 25.1 Å². The molecule has 0 radical (unpaired) electrons. The van der Waals surface area contributed by atoms with Crippen LogP contribution in [0.2, 0.25) is 0 Å². The van der Waals surface area contributed by atoms with Crippen LogP contribution in [0.1, 0.15) is 17.2 Å². The van der Waals surface area contributed by atoms with Crippen LogP contribution in [0.25, 0.3) is 0 Å². The first kappa shape index (κ1) is 12.6. The predicted molar refractivity (Wildman–Crippen MR) is 69.2 cm³/mol. The molecular weight excluding hydrogens is 230 g/mol. The molecule has 0 fully saturated rings. The fourth-order valence-electron chi connectivity index (χ4n) is 2.03. The van der Waals surface area contributed by atoms with Crippen LogP contribution in [0.15, 0.2) is 18.2 Å². The Hall–Kier alpha value is -1.88. The lowest BCUT2D eigenvalue weighted by atomic mass is 10.1. The summed E-state index contributed by atoms with van der Waals surface area (Å²) in [6, 6.07) is 5.00. The lowest BCUT2D eigenvalue weighted by Gasteiger charge is -2.19. The number of carbonyl (C=O) groups is 2. The minimum atomic E-state index is -0.658. The van der Waals surface area contributed by atoms with Crippen LogP contribution in [0.3, 0.4) is 0 Å². The SMILES string of the molecule is Cc1ccc2c(c1)C(N)C(=O)N2CC(=O)N(C)C. The number of benzene rings is 1. The molecule has 18 heavy (non-hydrogen) atoms. The summed E-state index contributed by atoms with van der Waals surface area (Å²) in [5, 5.41) is 0. The Morgan fingerprint density at radius 2 is 2.11 bits per heavy atom. The van der Waals surface area contributed by atoms with E-state index in [9.17, 15) is 9.59 Å². The predicted octanol–water partition coefficient (Wildman–Crippen LogP) is 0.430. The first-order valence-corrected chi connectivity index (χ1v) is 5.79. The molecule has 0 aromatic heterocycles. The van der Waals surface area contributed by atoms with Crippen molar-refractivity contribution in [2.75, 3.05) is 25.5 Å². The molecule has 1 heterocycles. The van der Waals surface area contributed by atoms with Crippen LogP contribution in [0.5, 0.6) is 0 Å². The van der Waals surface area contributed by atoms with Crippen molar-refractivity contribution in [2.45, 2.75) is 13.0 Å². The van der Waals surface area contributed by atoms with E-state index in [1.54, 1.807) is 14.1 Å². The topological polar surface area (TPSA) is 66.6 Å². The number of carbonyl (C=O) groups excluding carboxylic acids is 2. The Morgan fingerprint density at radius 1 is 1.44 bits per heavy atom. The second-order valence-electron chi connectivity index (χ2n) is 4.75. The zero-order valence-electron chi connectivity index (χ0n) is 10.8. The number of nitrogens with two attached hydrogens (primary N) is 1. The molecule has 2 N–H and O–H groups in total. The molecule has 0 saturated heterocycles. The number of aryl methyl sites for hydroxylation is 1. The molecule has 96 valence electrons. The summed E-state index contributed by atoms with van der Waals surface area (Å²) in [5.41, 5.74) is 8.48. The van der Waals surface area contributed by atoms with Gasteiger partial charge in [-0.2, -0.15) is 0 Å². The molecule has 2 amide bonds. The molecule has 1 aliphatic rings. The maximum absolute atomic E-state index is 12.1. The highest BCUT2D eigenvalue weighted by molar-refractivity contribution is 6.07. The van der Waals surface area contributed by atoms with Gasteiger partial charge in [-0.3, -0.25) is 9.59 Å². The average Bonchev–Trinajstić information content (AvgIpc) is 2.54. The molecule has 1 aromatic carbocycles. The van der Waals surface area contributed by atoms with Gasteiger partial charge in [-0.25, -0.2) is 0 Å². The van der Waals surface area contributed by atoms with Crippen molar-refractivity contribution >= 4 is 17.5 Å². The molecule has 0 bridgehead atoms. The molecule has 1 aromatic rings. The zero-order valence-corrected chi connectivity index (χ0v) is 10.8. The van der Waals surface area contributed by atoms with Crippen LogP contribution in [0.4, 0.5) is 5.69 Å². The van der Waals surface area contributed by atoms with Crippen molar-refractivity contribution in [1.29, 1.82) is 0 Å². The first-order chi connectivity index (χ1) is 8.41. The average molecular weight is 247 g/mol. The van der Waals surface area contributed by atoms with Gasteiger partial charge in [0, 0.05) is 25.3 Å². The normalized spacial score (nSPS) is 17.9. The van der Waals surface area contributed by atoms with Crippen LogP contribution in [0, 0.1) is 6.92 Å². The van der Waals surface area contributed by atoms with Gasteiger partial charge in [0.2, 0.25) is 11.8 Å². The lowest BCUT2D eigenvalue weighted by molar-refractivity contribution is -0.129. The molecule has 0 spiro atoms. The Labute approximate surface area is 106 Å². The van der Waals surface area contributed by atoms with Crippen LogP contribution in [-0.4, -0.2) is 37.4 Å². The van der Waals surface area contributed by atoms with Crippen molar-refractivity contribution in [3.8, 4) is 0 Å². The van der Waals surface area contributed by atoms with Gasteiger partial charge in [-0.05, 0) is 13.0 Å². The molecule has 1 unspecified atom stereocenters. The monoisotopic (exact) mass is 247 g/mol. The van der Waals surface area contributed by atoms with Crippen molar-refractivity contribution in [3.05, 3.63) is 29.3 Å². The summed E-state index contributed by atoms with van der Waals surface area (Å²) in [6.07, 6.45) is 0. The van der Waals surface area contributed by atoms with Gasteiger partial charge in [-0.15, -0.1) is 0 Å². The van der Waals surface area contributed by atoms with E-state index in [4.69, 9.17) is 5.73 Å². The second kappa shape index (κ2) is 4.42. The number of likely N-dealkylation sites (N-methyl/N-ethyl adjacent to an activating group) is 1. The third-order valence-electron chi connectivity index (χ3n) is 3.13. The lowest BCUT2D eigenvalue weighted by Crippen LogP contribution is -2.40. The molecule has 2 rings (SSSR count). The smallest absolute Gasteiger partial charge is 0.249 e. The summed E-state index contributed by atoms with van der Waals surface area (Å²) in [4.78, 5) is 26.7. The fraction of sp³-hybridized carbons (Fsp3) is 0.385. The molecule has 5 heteroatoms. The highest BCUT2D eigenvalue weighted by Gasteiger charge is 2.35. The number of hydrogen-bond acceptors (Lipinski definition) is 3. The zero-order chi connectivity index (χ0) is 13.4. The van der Waals surface area contributed by atoms with Crippen molar-refractivity contribution < 1.29 is 9.59 Å². The van der Waals surface area contributed by atoms with Crippen LogP contribution in [-0.2, 0) is 9.59 Å². The van der Waals surface area contributed by atoms with Gasteiger partial charge in [0.25, 0.3) is 0 Å². The van der Waals surface area contributed by atoms with Crippen LogP contribution < -0.4 is 10.6 Å². The maximum Gasteiger partial charge on any atom is 0.249 e. The summed E-state index contributed by atoms with van der Waals surface area (Å²) in [7, 11) is 3.33. The second-order valence-corrected chi connectivity index (χ2v) is 4.75. The van der Waals surface area contributed by atoms with Gasteiger partial charge in [-0.1, -0.05) is 17.7 Å². The number of nitrogens with zero attached hydrogens (tertiary/aromatic N) is 2. The van der Waals surface area contributed by atoms with E-state index in [1.165, 1.54) is 9.80 Å². The van der Waals surface area contributed by atoms with Crippen molar-refractivity contribution in [2.24, 2.45) is 5.73 Å². The third kappa shape index (κ3) is 1.97. The van der Waals surface area contributed by atoms with E-state index >= 15 is 0 Å². The van der Waals surface area contributed by atoms with Gasteiger partial charge in [0.15, 0.2) is 0 Å². The number of anilines is 1. The van der Waals surface area contributed by atoms with E-state index in [-0.39, 0.29) is 18.4 Å². The van der Waals surface area contributed by atoms with Gasteiger partial charge in [0.1, 0.15) is 12.6 Å². The fourth-order valence-corrected chi connectivity index (χ4v) is 2.03. The van der Waals surface area contributed by atoms with Gasteiger partial charge < -0.3 is 15.5 Å². The highest BCUT2D eigenvalue weighted by Crippen LogP contribution is 2.34. The molecule has 1 atom stereocenters. The van der Waals surface area contributed by atoms with Crippen molar-refractivity contribution in [1.82, 2.24) is 4.90 Å². The third-order valence-corrected chi connectivity index (χ3v) is 3.13. The Balaban J connectivity index is 2.34. The Kier molecular flexibility index (Phi) is 3.09. The first-order valence-electron chi connectivity index (χ1n) is 5.79. The largest absolute Gasteiger partial charge is 0.347 e. The number of rotatable bonds is 2. The van der Waals surface area contributed by atoms with E-state index in [0.717, 1.165) is 16.8 Å². The Morgan fingerprint density at radius 3 is 2.72 bits per heavy atom.